The quantitative estimate of drug-likeness (QED) is 0.845. The summed E-state index contributed by atoms with van der Waals surface area (Å²) in [6, 6.07) is 11.7. The average molecular weight is 369 g/mol. The van der Waals surface area contributed by atoms with E-state index in [-0.39, 0.29) is 15.9 Å². The zero-order valence-corrected chi connectivity index (χ0v) is 15.2. The largest absolute Gasteiger partial charge is 0.489 e. The van der Waals surface area contributed by atoms with Crippen molar-refractivity contribution in [3.8, 4) is 5.75 Å². The fourth-order valence-corrected chi connectivity index (χ4v) is 3.68. The number of hydrogen-bond acceptors (Lipinski definition) is 5. The van der Waals surface area contributed by atoms with Gasteiger partial charge in [0.05, 0.1) is 21.6 Å². The van der Waals surface area contributed by atoms with E-state index in [1.54, 1.807) is 24.3 Å². The maximum absolute atomic E-state index is 12.5. The number of rotatable bonds is 6. The molecular weight excluding hydrogens is 350 g/mol. The molecule has 0 aliphatic carbocycles. The van der Waals surface area contributed by atoms with E-state index in [0.29, 0.717) is 11.4 Å². The SMILES string of the molecule is CC(C)Oc1ccccc1NS(=O)(=O)c1ccc(S(C)(=O)=O)cc1. The topological polar surface area (TPSA) is 89.5 Å². The number of ether oxygens (including phenoxy) is 1. The van der Waals surface area contributed by atoms with Crippen LogP contribution in [0.2, 0.25) is 0 Å². The Labute approximate surface area is 142 Å². The molecule has 0 heterocycles. The third kappa shape index (κ3) is 4.48. The number of anilines is 1. The van der Waals surface area contributed by atoms with Crippen molar-refractivity contribution in [1.29, 1.82) is 0 Å². The fourth-order valence-electron chi connectivity index (χ4n) is 1.98. The number of benzene rings is 2. The molecule has 0 aliphatic heterocycles. The Morgan fingerprint density at radius 1 is 0.875 bits per heavy atom. The van der Waals surface area contributed by atoms with Crippen molar-refractivity contribution in [1.82, 2.24) is 0 Å². The van der Waals surface area contributed by atoms with Crippen LogP contribution >= 0.6 is 0 Å². The fraction of sp³-hybridized carbons (Fsp3) is 0.250. The first-order chi connectivity index (χ1) is 11.1. The van der Waals surface area contributed by atoms with Crippen LogP contribution in [0.15, 0.2) is 58.3 Å². The van der Waals surface area contributed by atoms with Gasteiger partial charge in [-0.15, -0.1) is 0 Å². The van der Waals surface area contributed by atoms with Crippen LogP contribution in [-0.2, 0) is 19.9 Å². The highest BCUT2D eigenvalue weighted by Crippen LogP contribution is 2.27. The summed E-state index contributed by atoms with van der Waals surface area (Å²) >= 11 is 0. The van der Waals surface area contributed by atoms with E-state index in [4.69, 9.17) is 4.74 Å². The molecule has 0 saturated carbocycles. The van der Waals surface area contributed by atoms with Crippen molar-refractivity contribution in [3.63, 3.8) is 0 Å². The Kier molecular flexibility index (Phi) is 5.19. The summed E-state index contributed by atoms with van der Waals surface area (Å²) in [5.41, 5.74) is 0.318. The van der Waals surface area contributed by atoms with Crippen molar-refractivity contribution in [2.45, 2.75) is 29.7 Å². The Hall–Kier alpha value is -2.06. The Balaban J connectivity index is 2.32. The average Bonchev–Trinajstić information content (AvgIpc) is 2.48. The van der Waals surface area contributed by atoms with Gasteiger partial charge in [0.25, 0.3) is 10.0 Å². The first kappa shape index (κ1) is 18.3. The van der Waals surface area contributed by atoms with Crippen LogP contribution in [0.25, 0.3) is 0 Å². The van der Waals surface area contributed by atoms with Crippen molar-refractivity contribution < 1.29 is 21.6 Å². The molecule has 8 heteroatoms. The van der Waals surface area contributed by atoms with Gasteiger partial charge >= 0.3 is 0 Å². The van der Waals surface area contributed by atoms with Crippen molar-refractivity contribution in [2.24, 2.45) is 0 Å². The number of hydrogen-bond donors (Lipinski definition) is 1. The van der Waals surface area contributed by atoms with Gasteiger partial charge in [-0.25, -0.2) is 16.8 Å². The van der Waals surface area contributed by atoms with Crippen LogP contribution in [0.5, 0.6) is 5.75 Å². The van der Waals surface area contributed by atoms with Crippen molar-refractivity contribution in [2.75, 3.05) is 11.0 Å². The molecule has 0 aliphatic rings. The standard InChI is InChI=1S/C16H19NO5S2/c1-12(2)22-16-7-5-4-6-15(16)17-24(20,21)14-10-8-13(9-11-14)23(3,18)19/h4-12,17H,1-3H3. The molecule has 0 saturated heterocycles. The third-order valence-electron chi connectivity index (χ3n) is 3.06. The summed E-state index contributed by atoms with van der Waals surface area (Å²) in [6.45, 7) is 3.68. The Morgan fingerprint density at radius 2 is 1.42 bits per heavy atom. The van der Waals surface area contributed by atoms with Crippen LogP contribution in [0.1, 0.15) is 13.8 Å². The van der Waals surface area contributed by atoms with E-state index in [1.165, 1.54) is 24.3 Å². The van der Waals surface area contributed by atoms with E-state index in [0.717, 1.165) is 6.26 Å². The highest BCUT2D eigenvalue weighted by atomic mass is 32.2. The summed E-state index contributed by atoms with van der Waals surface area (Å²) in [6.07, 6.45) is 0.957. The Bertz CT molecular complexity index is 917. The molecule has 0 unspecified atom stereocenters. The lowest BCUT2D eigenvalue weighted by atomic mass is 10.3. The summed E-state index contributed by atoms with van der Waals surface area (Å²) in [4.78, 5) is 0.0271. The number of para-hydroxylation sites is 2. The Morgan fingerprint density at radius 3 is 1.96 bits per heavy atom. The first-order valence-corrected chi connectivity index (χ1v) is 10.6. The molecular formula is C16H19NO5S2. The normalized spacial score (nSPS) is 12.2. The molecule has 1 N–H and O–H groups in total. The van der Waals surface area contributed by atoms with Crippen LogP contribution in [0.4, 0.5) is 5.69 Å². The monoisotopic (exact) mass is 369 g/mol. The van der Waals surface area contributed by atoms with Gasteiger partial charge in [0.2, 0.25) is 0 Å². The van der Waals surface area contributed by atoms with E-state index in [2.05, 4.69) is 4.72 Å². The van der Waals surface area contributed by atoms with E-state index in [1.807, 2.05) is 13.8 Å². The van der Waals surface area contributed by atoms with Gasteiger partial charge in [-0.3, -0.25) is 4.72 Å². The van der Waals surface area contributed by atoms with Gasteiger partial charge in [-0.1, -0.05) is 12.1 Å². The minimum Gasteiger partial charge on any atom is -0.489 e. The first-order valence-electron chi connectivity index (χ1n) is 7.18. The zero-order chi connectivity index (χ0) is 18.0. The summed E-state index contributed by atoms with van der Waals surface area (Å²) in [5, 5.41) is 0. The summed E-state index contributed by atoms with van der Waals surface area (Å²) in [5.74, 6) is 0.420. The van der Waals surface area contributed by atoms with E-state index >= 15 is 0 Å². The lowest BCUT2D eigenvalue weighted by molar-refractivity contribution is 0.244. The number of sulfone groups is 1. The molecule has 0 spiro atoms. The lowest BCUT2D eigenvalue weighted by Crippen LogP contribution is -2.15. The lowest BCUT2D eigenvalue weighted by Gasteiger charge is -2.15. The van der Waals surface area contributed by atoms with Crippen LogP contribution in [0, 0.1) is 0 Å². The minimum absolute atomic E-state index is 0.0331. The highest BCUT2D eigenvalue weighted by molar-refractivity contribution is 7.92. The molecule has 0 bridgehead atoms. The molecule has 24 heavy (non-hydrogen) atoms. The van der Waals surface area contributed by atoms with Gasteiger partial charge < -0.3 is 4.74 Å². The zero-order valence-electron chi connectivity index (χ0n) is 13.6. The molecule has 0 atom stereocenters. The third-order valence-corrected chi connectivity index (χ3v) is 5.57. The molecule has 0 amide bonds. The van der Waals surface area contributed by atoms with Crippen molar-refractivity contribution >= 4 is 25.5 Å². The summed E-state index contributed by atoms with van der Waals surface area (Å²) in [7, 11) is -7.24. The predicted molar refractivity (Wildman–Crippen MR) is 92.6 cm³/mol. The molecule has 130 valence electrons. The second-order valence-corrected chi connectivity index (χ2v) is 9.21. The predicted octanol–water partition coefficient (Wildman–Crippen LogP) is 2.68. The number of sulfonamides is 1. The molecule has 0 radical (unpaired) electrons. The molecule has 6 nitrogen and oxygen atoms in total. The van der Waals surface area contributed by atoms with Gasteiger partial charge in [-0.2, -0.15) is 0 Å². The molecule has 0 aromatic heterocycles. The van der Waals surface area contributed by atoms with Crippen LogP contribution < -0.4 is 9.46 Å². The minimum atomic E-state index is -3.86. The van der Waals surface area contributed by atoms with E-state index in [9.17, 15) is 16.8 Å². The van der Waals surface area contributed by atoms with Crippen LogP contribution in [-0.4, -0.2) is 29.2 Å². The van der Waals surface area contributed by atoms with E-state index < -0.39 is 19.9 Å². The van der Waals surface area contributed by atoms with Gasteiger partial charge in [0.1, 0.15) is 5.75 Å². The summed E-state index contributed by atoms with van der Waals surface area (Å²) < 4.78 is 55.9. The molecule has 2 aromatic carbocycles. The van der Waals surface area contributed by atoms with Crippen LogP contribution in [0.3, 0.4) is 0 Å². The number of nitrogens with one attached hydrogen (secondary N) is 1. The maximum Gasteiger partial charge on any atom is 0.262 e. The smallest absolute Gasteiger partial charge is 0.262 e. The van der Waals surface area contributed by atoms with Gasteiger partial charge in [0, 0.05) is 6.26 Å². The van der Waals surface area contributed by atoms with Gasteiger partial charge in [-0.05, 0) is 50.2 Å². The molecule has 2 rings (SSSR count). The second-order valence-electron chi connectivity index (χ2n) is 5.51. The maximum atomic E-state index is 12.5. The molecule has 2 aromatic rings. The van der Waals surface area contributed by atoms with Crippen molar-refractivity contribution in [3.05, 3.63) is 48.5 Å². The second kappa shape index (κ2) is 6.82. The van der Waals surface area contributed by atoms with Gasteiger partial charge in [0.15, 0.2) is 9.84 Å². The molecule has 0 fully saturated rings. The highest BCUT2D eigenvalue weighted by Gasteiger charge is 2.18.